The maximum atomic E-state index is 5.96. The highest BCUT2D eigenvalue weighted by Crippen LogP contribution is 2.32. The summed E-state index contributed by atoms with van der Waals surface area (Å²) in [7, 11) is 0. The first-order valence-electron chi connectivity index (χ1n) is 8.99. The molecule has 0 N–H and O–H groups in total. The lowest BCUT2D eigenvalue weighted by Gasteiger charge is -2.34. The molecule has 5 nitrogen and oxygen atoms in total. The highest BCUT2D eigenvalue weighted by atomic mass is 16.5. The molecular weight excluding hydrogens is 326 g/mol. The minimum Gasteiger partial charge on any atom is -0.492 e. The van der Waals surface area contributed by atoms with Gasteiger partial charge in [0.1, 0.15) is 12.4 Å². The Morgan fingerprint density at radius 2 is 1.92 bits per heavy atom. The van der Waals surface area contributed by atoms with E-state index in [2.05, 4.69) is 58.4 Å². The molecule has 0 bridgehead atoms. The molecule has 1 aromatic heterocycles. The van der Waals surface area contributed by atoms with Gasteiger partial charge < -0.3 is 9.15 Å². The van der Waals surface area contributed by atoms with Crippen molar-refractivity contribution >= 4 is 0 Å². The molecule has 26 heavy (non-hydrogen) atoms. The fourth-order valence-electron chi connectivity index (χ4n) is 3.49. The number of fused-ring (bicyclic) bond motifs is 1. The molecule has 4 rings (SSSR count). The molecule has 0 unspecified atom stereocenters. The fourth-order valence-corrected chi connectivity index (χ4v) is 3.49. The lowest BCUT2D eigenvalue weighted by Crippen LogP contribution is -2.37. The average molecular weight is 349 g/mol. The van der Waals surface area contributed by atoms with Gasteiger partial charge in [0.05, 0.1) is 6.04 Å². The molecule has 0 saturated heterocycles. The lowest BCUT2D eigenvalue weighted by molar-refractivity contribution is 0.120. The van der Waals surface area contributed by atoms with Gasteiger partial charge in [-0.25, -0.2) is 0 Å². The number of ether oxygens (including phenoxy) is 1. The zero-order valence-electron chi connectivity index (χ0n) is 15.2. The number of aromatic nitrogens is 2. The monoisotopic (exact) mass is 349 g/mol. The Morgan fingerprint density at radius 3 is 2.69 bits per heavy atom. The summed E-state index contributed by atoms with van der Waals surface area (Å²) < 4.78 is 11.7. The van der Waals surface area contributed by atoms with E-state index in [4.69, 9.17) is 9.15 Å². The summed E-state index contributed by atoms with van der Waals surface area (Å²) in [6, 6.07) is 16.8. The molecule has 0 amide bonds. The van der Waals surface area contributed by atoms with Crippen molar-refractivity contribution in [3.63, 3.8) is 0 Å². The fraction of sp³-hybridized carbons (Fsp3) is 0.333. The van der Waals surface area contributed by atoms with Gasteiger partial charge in [-0.2, -0.15) is 0 Å². The van der Waals surface area contributed by atoms with Gasteiger partial charge in [0, 0.05) is 20.0 Å². The molecule has 2 aromatic carbocycles. The third kappa shape index (κ3) is 3.63. The standard InChI is InChI=1S/C21H23N3O2/c1-15-6-5-9-19(12-15)25-11-10-24-14-18-8-4-3-7-17(18)13-20(24)21-23-22-16(2)26-21/h3-9,12,20H,10-11,13-14H2,1-2H3/t20-/m1/s1. The maximum absolute atomic E-state index is 5.96. The molecule has 0 spiro atoms. The Bertz CT molecular complexity index is 890. The van der Waals surface area contributed by atoms with E-state index in [1.165, 1.54) is 16.7 Å². The molecule has 1 atom stereocenters. The predicted molar refractivity (Wildman–Crippen MR) is 99.0 cm³/mol. The second-order valence-electron chi connectivity index (χ2n) is 6.78. The minimum atomic E-state index is 0.0900. The van der Waals surface area contributed by atoms with Crippen LogP contribution >= 0.6 is 0 Å². The maximum Gasteiger partial charge on any atom is 0.233 e. The van der Waals surface area contributed by atoms with Gasteiger partial charge in [-0.15, -0.1) is 10.2 Å². The van der Waals surface area contributed by atoms with Crippen molar-refractivity contribution in [1.82, 2.24) is 15.1 Å². The van der Waals surface area contributed by atoms with Crippen molar-refractivity contribution in [3.8, 4) is 5.75 Å². The second kappa shape index (κ2) is 7.30. The van der Waals surface area contributed by atoms with Gasteiger partial charge in [-0.1, -0.05) is 36.4 Å². The smallest absolute Gasteiger partial charge is 0.233 e. The van der Waals surface area contributed by atoms with E-state index >= 15 is 0 Å². The van der Waals surface area contributed by atoms with Crippen molar-refractivity contribution in [3.05, 3.63) is 77.0 Å². The summed E-state index contributed by atoms with van der Waals surface area (Å²) in [6.07, 6.45) is 0.877. The van der Waals surface area contributed by atoms with Gasteiger partial charge in [0.15, 0.2) is 0 Å². The summed E-state index contributed by atoms with van der Waals surface area (Å²) in [5.74, 6) is 2.20. The largest absolute Gasteiger partial charge is 0.492 e. The van der Waals surface area contributed by atoms with Gasteiger partial charge >= 0.3 is 0 Å². The Kier molecular flexibility index (Phi) is 4.71. The molecule has 5 heteroatoms. The number of aryl methyl sites for hydroxylation is 2. The summed E-state index contributed by atoms with van der Waals surface area (Å²) >= 11 is 0. The van der Waals surface area contributed by atoms with Crippen molar-refractivity contribution in [2.75, 3.05) is 13.2 Å². The van der Waals surface area contributed by atoms with Crippen LogP contribution in [-0.2, 0) is 13.0 Å². The molecule has 134 valence electrons. The lowest BCUT2D eigenvalue weighted by atomic mass is 9.94. The third-order valence-electron chi connectivity index (χ3n) is 4.81. The van der Waals surface area contributed by atoms with E-state index in [9.17, 15) is 0 Å². The number of nitrogens with zero attached hydrogens (tertiary/aromatic N) is 3. The predicted octanol–water partition coefficient (Wildman–Crippen LogP) is 3.86. The SMILES string of the molecule is Cc1cccc(OCCN2Cc3ccccc3C[C@@H]2c2nnc(C)o2)c1. The molecule has 0 saturated carbocycles. The first kappa shape index (κ1) is 16.8. The summed E-state index contributed by atoms with van der Waals surface area (Å²) in [6.45, 7) is 6.18. The van der Waals surface area contributed by atoms with Crippen molar-refractivity contribution in [1.29, 1.82) is 0 Å². The first-order valence-corrected chi connectivity index (χ1v) is 8.99. The van der Waals surface area contributed by atoms with Crippen LogP contribution in [0.2, 0.25) is 0 Å². The second-order valence-corrected chi connectivity index (χ2v) is 6.78. The minimum absolute atomic E-state index is 0.0900. The normalized spacial score (nSPS) is 17.1. The Morgan fingerprint density at radius 1 is 1.08 bits per heavy atom. The highest BCUT2D eigenvalue weighted by Gasteiger charge is 2.30. The van der Waals surface area contributed by atoms with Crippen LogP contribution in [0.5, 0.6) is 5.75 Å². The Labute approximate surface area is 153 Å². The zero-order valence-corrected chi connectivity index (χ0v) is 15.2. The molecular formula is C21H23N3O2. The number of rotatable bonds is 5. The third-order valence-corrected chi connectivity index (χ3v) is 4.81. The topological polar surface area (TPSA) is 51.4 Å². The van der Waals surface area contributed by atoms with Crippen LogP contribution in [0.3, 0.4) is 0 Å². The van der Waals surface area contributed by atoms with Crippen LogP contribution in [0.25, 0.3) is 0 Å². The van der Waals surface area contributed by atoms with Crippen molar-refractivity contribution in [2.24, 2.45) is 0 Å². The summed E-state index contributed by atoms with van der Waals surface area (Å²) in [5, 5.41) is 8.29. The summed E-state index contributed by atoms with van der Waals surface area (Å²) in [4.78, 5) is 2.37. The van der Waals surface area contributed by atoms with Crippen LogP contribution in [0.4, 0.5) is 0 Å². The van der Waals surface area contributed by atoms with E-state index in [0.717, 1.165) is 25.3 Å². The highest BCUT2D eigenvalue weighted by molar-refractivity contribution is 5.31. The molecule has 0 aliphatic carbocycles. The van der Waals surface area contributed by atoms with E-state index in [1.54, 1.807) is 0 Å². The molecule has 1 aliphatic rings. The van der Waals surface area contributed by atoms with Gasteiger partial charge in [0.2, 0.25) is 11.8 Å². The first-order chi connectivity index (χ1) is 12.7. The quantitative estimate of drug-likeness (QED) is 0.700. The van der Waals surface area contributed by atoms with Crippen molar-refractivity contribution < 1.29 is 9.15 Å². The Balaban J connectivity index is 1.49. The number of benzene rings is 2. The van der Waals surface area contributed by atoms with E-state index in [1.807, 2.05) is 19.1 Å². The van der Waals surface area contributed by atoms with E-state index < -0.39 is 0 Å². The van der Waals surface area contributed by atoms with Crippen molar-refractivity contribution in [2.45, 2.75) is 32.9 Å². The van der Waals surface area contributed by atoms with E-state index in [0.29, 0.717) is 18.4 Å². The molecule has 0 radical (unpaired) electrons. The number of hydrogen-bond acceptors (Lipinski definition) is 5. The average Bonchev–Trinajstić information content (AvgIpc) is 3.07. The van der Waals surface area contributed by atoms with Gasteiger partial charge in [-0.3, -0.25) is 4.90 Å². The molecule has 2 heterocycles. The molecule has 3 aromatic rings. The van der Waals surface area contributed by atoms with Crippen LogP contribution in [-0.4, -0.2) is 28.2 Å². The Hall–Kier alpha value is -2.66. The number of hydrogen-bond donors (Lipinski definition) is 0. The molecule has 1 aliphatic heterocycles. The van der Waals surface area contributed by atoms with Crippen LogP contribution in [0.1, 0.15) is 34.5 Å². The van der Waals surface area contributed by atoms with Gasteiger partial charge in [-0.05, 0) is 42.2 Å². The zero-order chi connectivity index (χ0) is 17.9. The van der Waals surface area contributed by atoms with Crippen LogP contribution in [0, 0.1) is 13.8 Å². The molecule has 0 fully saturated rings. The van der Waals surface area contributed by atoms with Gasteiger partial charge in [0.25, 0.3) is 0 Å². The van der Waals surface area contributed by atoms with E-state index in [-0.39, 0.29) is 6.04 Å². The van der Waals surface area contributed by atoms with Crippen LogP contribution in [0.15, 0.2) is 52.9 Å². The van der Waals surface area contributed by atoms with Crippen LogP contribution < -0.4 is 4.74 Å². The summed E-state index contributed by atoms with van der Waals surface area (Å²) in [5.41, 5.74) is 3.91.